The second-order valence-electron chi connectivity index (χ2n) is 5.54. The monoisotopic (exact) mass is 313 g/mol. The molecule has 0 spiro atoms. The van der Waals surface area contributed by atoms with Crippen molar-refractivity contribution in [2.24, 2.45) is 0 Å². The van der Waals surface area contributed by atoms with Gasteiger partial charge in [0.15, 0.2) is 0 Å². The molecule has 0 bridgehead atoms. The number of nitrogens with one attached hydrogen (secondary N) is 1. The molecule has 5 nitrogen and oxygen atoms in total. The molecule has 1 aromatic heterocycles. The third-order valence-corrected chi connectivity index (χ3v) is 3.58. The molecule has 0 radical (unpaired) electrons. The summed E-state index contributed by atoms with van der Waals surface area (Å²) in [5, 5.41) is 2.86. The molecule has 0 saturated heterocycles. The van der Waals surface area contributed by atoms with Crippen LogP contribution in [0.5, 0.6) is 0 Å². The second kappa shape index (κ2) is 8.29. The van der Waals surface area contributed by atoms with Crippen LogP contribution in [0.2, 0.25) is 0 Å². The molecule has 122 valence electrons. The third-order valence-electron chi connectivity index (χ3n) is 3.58. The van der Waals surface area contributed by atoms with Crippen molar-refractivity contribution in [3.8, 4) is 0 Å². The van der Waals surface area contributed by atoms with Gasteiger partial charge in [-0.05, 0) is 42.7 Å². The average molecular weight is 313 g/mol. The van der Waals surface area contributed by atoms with E-state index in [-0.39, 0.29) is 12.1 Å². The SMILES string of the molecule is COC(CCc1cccc(NC(=O)N(C)C)c1)c1ccccn1. The van der Waals surface area contributed by atoms with E-state index in [9.17, 15) is 4.79 Å². The summed E-state index contributed by atoms with van der Waals surface area (Å²) >= 11 is 0. The van der Waals surface area contributed by atoms with E-state index in [2.05, 4.69) is 16.4 Å². The summed E-state index contributed by atoms with van der Waals surface area (Å²) in [7, 11) is 5.14. The molecule has 0 aliphatic carbocycles. The van der Waals surface area contributed by atoms with E-state index >= 15 is 0 Å². The van der Waals surface area contributed by atoms with Gasteiger partial charge >= 0.3 is 6.03 Å². The average Bonchev–Trinajstić information content (AvgIpc) is 2.56. The lowest BCUT2D eigenvalue weighted by Crippen LogP contribution is -2.27. The van der Waals surface area contributed by atoms with Crippen molar-refractivity contribution in [2.75, 3.05) is 26.5 Å². The topological polar surface area (TPSA) is 54.5 Å². The number of aryl methyl sites for hydroxylation is 1. The fourth-order valence-corrected chi connectivity index (χ4v) is 2.29. The lowest BCUT2D eigenvalue weighted by atomic mass is 10.0. The number of hydrogen-bond donors (Lipinski definition) is 1. The number of aromatic nitrogens is 1. The largest absolute Gasteiger partial charge is 0.375 e. The lowest BCUT2D eigenvalue weighted by Gasteiger charge is -2.15. The fraction of sp³-hybridized carbons (Fsp3) is 0.333. The molecule has 1 heterocycles. The number of methoxy groups -OCH3 is 1. The number of carbonyl (C=O) groups is 1. The first-order valence-corrected chi connectivity index (χ1v) is 7.61. The summed E-state index contributed by atoms with van der Waals surface area (Å²) in [5.41, 5.74) is 2.89. The molecule has 1 atom stereocenters. The molecule has 1 aromatic carbocycles. The summed E-state index contributed by atoms with van der Waals surface area (Å²) in [6.07, 6.45) is 3.43. The van der Waals surface area contributed by atoms with E-state index in [0.717, 1.165) is 29.8 Å². The number of benzene rings is 1. The van der Waals surface area contributed by atoms with Gasteiger partial charge in [0.25, 0.3) is 0 Å². The summed E-state index contributed by atoms with van der Waals surface area (Å²) in [5.74, 6) is 0. The predicted molar refractivity (Wildman–Crippen MR) is 91.5 cm³/mol. The van der Waals surface area contributed by atoms with E-state index in [1.165, 1.54) is 4.90 Å². The maximum atomic E-state index is 11.7. The van der Waals surface area contributed by atoms with Crippen LogP contribution < -0.4 is 5.32 Å². The van der Waals surface area contributed by atoms with Crippen molar-refractivity contribution < 1.29 is 9.53 Å². The van der Waals surface area contributed by atoms with Crippen molar-refractivity contribution in [3.63, 3.8) is 0 Å². The highest BCUT2D eigenvalue weighted by Gasteiger charge is 2.12. The molecule has 2 aromatic rings. The van der Waals surface area contributed by atoms with Crippen molar-refractivity contribution in [2.45, 2.75) is 18.9 Å². The smallest absolute Gasteiger partial charge is 0.321 e. The van der Waals surface area contributed by atoms with Crippen LogP contribution in [0.1, 0.15) is 23.8 Å². The van der Waals surface area contributed by atoms with Crippen molar-refractivity contribution in [1.82, 2.24) is 9.88 Å². The Morgan fingerprint density at radius 1 is 1.26 bits per heavy atom. The van der Waals surface area contributed by atoms with Crippen LogP contribution in [-0.2, 0) is 11.2 Å². The molecule has 23 heavy (non-hydrogen) atoms. The van der Waals surface area contributed by atoms with Crippen LogP contribution in [0.3, 0.4) is 0 Å². The fourth-order valence-electron chi connectivity index (χ4n) is 2.29. The zero-order chi connectivity index (χ0) is 16.7. The van der Waals surface area contributed by atoms with Gasteiger partial charge in [0.05, 0.1) is 11.8 Å². The highest BCUT2D eigenvalue weighted by molar-refractivity contribution is 5.88. The van der Waals surface area contributed by atoms with Gasteiger partial charge in [0.1, 0.15) is 0 Å². The Hall–Kier alpha value is -2.40. The van der Waals surface area contributed by atoms with Gasteiger partial charge in [0.2, 0.25) is 0 Å². The van der Waals surface area contributed by atoms with Gasteiger partial charge in [-0.1, -0.05) is 18.2 Å². The second-order valence-corrected chi connectivity index (χ2v) is 5.54. The number of rotatable bonds is 6. The third kappa shape index (κ3) is 5.07. The zero-order valence-electron chi connectivity index (χ0n) is 13.8. The van der Waals surface area contributed by atoms with Gasteiger partial charge < -0.3 is 15.0 Å². The summed E-state index contributed by atoms with van der Waals surface area (Å²) in [6, 6.07) is 13.6. The number of carbonyl (C=O) groups excluding carboxylic acids is 1. The summed E-state index contributed by atoms with van der Waals surface area (Å²) in [6.45, 7) is 0. The van der Waals surface area contributed by atoms with Gasteiger partial charge in [-0.3, -0.25) is 4.98 Å². The van der Waals surface area contributed by atoms with Crippen LogP contribution in [-0.4, -0.2) is 37.1 Å². The van der Waals surface area contributed by atoms with Crippen LogP contribution in [0.25, 0.3) is 0 Å². The molecule has 2 amide bonds. The lowest BCUT2D eigenvalue weighted by molar-refractivity contribution is 0.0924. The molecule has 0 aliphatic heterocycles. The number of amides is 2. The zero-order valence-corrected chi connectivity index (χ0v) is 13.8. The van der Waals surface area contributed by atoms with Crippen molar-refractivity contribution >= 4 is 11.7 Å². The van der Waals surface area contributed by atoms with E-state index in [1.807, 2.05) is 36.4 Å². The first kappa shape index (κ1) is 17.0. The van der Waals surface area contributed by atoms with Crippen LogP contribution >= 0.6 is 0 Å². The first-order valence-electron chi connectivity index (χ1n) is 7.61. The molecule has 1 unspecified atom stereocenters. The van der Waals surface area contributed by atoms with Crippen LogP contribution in [0.4, 0.5) is 10.5 Å². The summed E-state index contributed by atoms with van der Waals surface area (Å²) < 4.78 is 5.55. The Labute approximate surface area is 137 Å². The molecular weight excluding hydrogens is 290 g/mol. The Morgan fingerprint density at radius 3 is 2.74 bits per heavy atom. The van der Waals surface area contributed by atoms with Gasteiger partial charge in [-0.15, -0.1) is 0 Å². The minimum absolute atomic E-state index is 0.0313. The Morgan fingerprint density at radius 2 is 2.09 bits per heavy atom. The van der Waals surface area contributed by atoms with Crippen molar-refractivity contribution in [3.05, 3.63) is 59.9 Å². The maximum Gasteiger partial charge on any atom is 0.321 e. The highest BCUT2D eigenvalue weighted by Crippen LogP contribution is 2.21. The number of ether oxygens (including phenoxy) is 1. The molecule has 0 fully saturated rings. The Balaban J connectivity index is 1.99. The standard InChI is InChI=1S/C18H23N3O2/c1-21(2)18(22)20-15-8-6-7-14(13-15)10-11-17(23-3)16-9-4-5-12-19-16/h4-9,12-13,17H,10-11H2,1-3H3,(H,20,22). The molecular formula is C18H23N3O2. The maximum absolute atomic E-state index is 11.7. The first-order chi connectivity index (χ1) is 11.1. The molecule has 1 N–H and O–H groups in total. The molecule has 0 aliphatic rings. The normalized spacial score (nSPS) is 11.8. The Bertz CT molecular complexity index is 629. The van der Waals surface area contributed by atoms with Crippen LogP contribution in [0, 0.1) is 0 Å². The highest BCUT2D eigenvalue weighted by atomic mass is 16.5. The molecule has 0 saturated carbocycles. The number of hydrogen-bond acceptors (Lipinski definition) is 3. The number of anilines is 1. The molecule has 5 heteroatoms. The van der Waals surface area contributed by atoms with E-state index in [1.54, 1.807) is 27.4 Å². The minimum atomic E-state index is -0.134. The number of pyridine rings is 1. The van der Waals surface area contributed by atoms with E-state index in [4.69, 9.17) is 4.74 Å². The van der Waals surface area contributed by atoms with Gasteiger partial charge in [-0.2, -0.15) is 0 Å². The quantitative estimate of drug-likeness (QED) is 0.888. The van der Waals surface area contributed by atoms with Crippen LogP contribution in [0.15, 0.2) is 48.7 Å². The van der Waals surface area contributed by atoms with Gasteiger partial charge in [0, 0.05) is 33.1 Å². The van der Waals surface area contributed by atoms with E-state index in [0.29, 0.717) is 0 Å². The van der Waals surface area contributed by atoms with E-state index < -0.39 is 0 Å². The Kier molecular flexibility index (Phi) is 6.11. The predicted octanol–water partition coefficient (Wildman–Crippen LogP) is 3.50. The minimum Gasteiger partial charge on any atom is -0.375 e. The molecule has 2 rings (SSSR count). The number of urea groups is 1. The van der Waals surface area contributed by atoms with Gasteiger partial charge in [-0.25, -0.2) is 4.79 Å². The van der Waals surface area contributed by atoms with Crippen molar-refractivity contribution in [1.29, 1.82) is 0 Å². The summed E-state index contributed by atoms with van der Waals surface area (Å²) in [4.78, 5) is 17.6. The number of nitrogens with zero attached hydrogens (tertiary/aromatic N) is 2.